The number of fused-ring (bicyclic) bond motifs is 1. The minimum Gasteiger partial charge on any atom is -0.379 e. The first-order chi connectivity index (χ1) is 15.2. The van der Waals surface area contributed by atoms with Crippen molar-refractivity contribution in [3.8, 4) is 0 Å². The van der Waals surface area contributed by atoms with Crippen LogP contribution in [0.15, 0.2) is 53.4 Å². The zero-order valence-corrected chi connectivity index (χ0v) is 17.5. The monoisotopic (exact) mass is 468 g/mol. The number of amides is 1. The molecule has 0 aliphatic carbocycles. The van der Waals surface area contributed by atoms with E-state index in [1.807, 2.05) is 0 Å². The van der Waals surface area contributed by atoms with Crippen LogP contribution in [0.4, 0.5) is 18.9 Å². The summed E-state index contributed by atoms with van der Waals surface area (Å²) < 4.78 is 72.8. The molecule has 1 aliphatic rings. The summed E-state index contributed by atoms with van der Waals surface area (Å²) in [7, 11) is -3.69. The molecule has 1 aliphatic heterocycles. The van der Waals surface area contributed by atoms with Crippen LogP contribution < -0.4 is 5.32 Å². The van der Waals surface area contributed by atoms with Gasteiger partial charge in [-0.25, -0.2) is 13.4 Å². The number of alkyl halides is 3. The maximum absolute atomic E-state index is 13.4. The number of carbonyl (C=O) groups is 1. The van der Waals surface area contributed by atoms with Gasteiger partial charge in [0.05, 0.1) is 29.1 Å². The highest BCUT2D eigenvalue weighted by molar-refractivity contribution is 7.89. The highest BCUT2D eigenvalue weighted by Gasteiger charge is 2.38. The summed E-state index contributed by atoms with van der Waals surface area (Å²) in [6.45, 7) is 0.526. The summed E-state index contributed by atoms with van der Waals surface area (Å²) in [6.07, 6.45) is -4.73. The van der Waals surface area contributed by atoms with Gasteiger partial charge in [0.1, 0.15) is 6.54 Å². The molecule has 2 aromatic carbocycles. The number of ether oxygens (including phenoxy) is 1. The molecule has 0 radical (unpaired) electrons. The van der Waals surface area contributed by atoms with E-state index in [1.54, 1.807) is 12.1 Å². The van der Waals surface area contributed by atoms with E-state index in [9.17, 15) is 26.4 Å². The minimum absolute atomic E-state index is 0.0531. The van der Waals surface area contributed by atoms with Crippen molar-refractivity contribution in [3.05, 3.63) is 54.4 Å². The fraction of sp³-hybridized carbons (Fsp3) is 0.300. The Kier molecular flexibility index (Phi) is 5.93. The van der Waals surface area contributed by atoms with Crippen molar-refractivity contribution < 1.29 is 31.1 Å². The van der Waals surface area contributed by atoms with Crippen molar-refractivity contribution in [2.75, 3.05) is 31.6 Å². The maximum atomic E-state index is 13.4. The molecule has 170 valence electrons. The number of anilines is 1. The van der Waals surface area contributed by atoms with Crippen molar-refractivity contribution in [1.29, 1.82) is 0 Å². The molecular formula is C20H19F3N4O4S. The fourth-order valence-electron chi connectivity index (χ4n) is 3.44. The number of nitrogens with one attached hydrogen (secondary N) is 1. The molecule has 1 N–H and O–H groups in total. The minimum atomic E-state index is -4.73. The van der Waals surface area contributed by atoms with Crippen LogP contribution in [0.2, 0.25) is 0 Å². The number of para-hydroxylation sites is 2. The Bertz CT molecular complexity index is 1230. The zero-order valence-electron chi connectivity index (χ0n) is 16.7. The standard InChI is InChI=1S/C20H19F3N4O4S/c21-20(22,23)19-25-16-3-1-2-4-17(16)27(19)13-18(28)24-14-5-7-15(8-6-14)32(29,30)26-9-11-31-12-10-26/h1-8H,9-13H2,(H,24,28). The SMILES string of the molecule is O=C(Cn1c(C(F)(F)F)nc2ccccc21)Nc1ccc(S(=O)(=O)N2CCOCC2)cc1. The predicted molar refractivity (Wildman–Crippen MR) is 109 cm³/mol. The Hall–Kier alpha value is -2.96. The maximum Gasteiger partial charge on any atom is 0.449 e. The van der Waals surface area contributed by atoms with Gasteiger partial charge in [-0.3, -0.25) is 4.79 Å². The van der Waals surface area contributed by atoms with E-state index in [-0.39, 0.29) is 34.7 Å². The van der Waals surface area contributed by atoms with Gasteiger partial charge >= 0.3 is 6.18 Å². The lowest BCUT2D eigenvalue weighted by Gasteiger charge is -2.26. The lowest BCUT2D eigenvalue weighted by Crippen LogP contribution is -2.40. The fourth-order valence-corrected chi connectivity index (χ4v) is 4.85. The third-order valence-electron chi connectivity index (χ3n) is 4.96. The van der Waals surface area contributed by atoms with E-state index in [4.69, 9.17) is 4.74 Å². The van der Waals surface area contributed by atoms with Gasteiger partial charge < -0.3 is 14.6 Å². The van der Waals surface area contributed by atoms with Crippen LogP contribution in [0.1, 0.15) is 5.82 Å². The first kappa shape index (κ1) is 22.2. The largest absolute Gasteiger partial charge is 0.449 e. The average molecular weight is 468 g/mol. The molecule has 12 heteroatoms. The van der Waals surface area contributed by atoms with Crippen LogP contribution in [0, 0.1) is 0 Å². The topological polar surface area (TPSA) is 93.5 Å². The van der Waals surface area contributed by atoms with Gasteiger partial charge in [-0.1, -0.05) is 12.1 Å². The summed E-state index contributed by atoms with van der Waals surface area (Å²) in [5, 5.41) is 2.50. The number of aromatic nitrogens is 2. The number of imidazole rings is 1. The number of morpholine rings is 1. The predicted octanol–water partition coefficient (Wildman–Crippen LogP) is 2.71. The van der Waals surface area contributed by atoms with E-state index in [0.717, 1.165) is 4.57 Å². The number of hydrogen-bond donors (Lipinski definition) is 1. The van der Waals surface area contributed by atoms with Crippen LogP contribution in [-0.2, 0) is 32.3 Å². The molecule has 0 saturated carbocycles. The Morgan fingerprint density at radius 2 is 1.72 bits per heavy atom. The number of sulfonamides is 1. The quantitative estimate of drug-likeness (QED) is 0.622. The number of carbonyl (C=O) groups excluding carboxylic acids is 1. The average Bonchev–Trinajstić information content (AvgIpc) is 3.14. The molecule has 1 fully saturated rings. The van der Waals surface area contributed by atoms with Crippen molar-refractivity contribution in [1.82, 2.24) is 13.9 Å². The van der Waals surface area contributed by atoms with Gasteiger partial charge in [-0.2, -0.15) is 17.5 Å². The van der Waals surface area contributed by atoms with Gasteiger partial charge in [-0.05, 0) is 36.4 Å². The molecule has 32 heavy (non-hydrogen) atoms. The molecule has 4 rings (SSSR count). The third kappa shape index (κ3) is 4.47. The second-order valence-electron chi connectivity index (χ2n) is 7.10. The lowest BCUT2D eigenvalue weighted by atomic mass is 10.3. The smallest absolute Gasteiger partial charge is 0.379 e. The molecule has 0 bridgehead atoms. The van der Waals surface area contributed by atoms with E-state index in [2.05, 4.69) is 10.3 Å². The number of rotatable bonds is 5. The molecule has 1 amide bonds. The van der Waals surface area contributed by atoms with Crippen LogP contribution in [-0.4, -0.2) is 54.5 Å². The number of nitrogens with zero attached hydrogens (tertiary/aromatic N) is 3. The first-order valence-corrected chi connectivity index (χ1v) is 11.1. The summed E-state index contributed by atoms with van der Waals surface area (Å²) in [5.74, 6) is -1.87. The summed E-state index contributed by atoms with van der Waals surface area (Å²) in [4.78, 5) is 16.1. The van der Waals surface area contributed by atoms with Crippen LogP contribution >= 0.6 is 0 Å². The normalized spacial score (nSPS) is 15.7. The summed E-state index contributed by atoms with van der Waals surface area (Å²) in [6, 6.07) is 11.5. The van der Waals surface area contributed by atoms with Gasteiger partial charge in [0, 0.05) is 18.8 Å². The zero-order chi connectivity index (χ0) is 22.9. The van der Waals surface area contributed by atoms with Crippen LogP contribution in [0.5, 0.6) is 0 Å². The Balaban J connectivity index is 1.51. The first-order valence-electron chi connectivity index (χ1n) is 9.66. The second-order valence-corrected chi connectivity index (χ2v) is 9.03. The van der Waals surface area contributed by atoms with E-state index < -0.39 is 34.5 Å². The summed E-state index contributed by atoms with van der Waals surface area (Å²) in [5.41, 5.74) is 0.570. The number of halogens is 3. The van der Waals surface area contributed by atoms with Crippen LogP contribution in [0.3, 0.4) is 0 Å². The molecule has 0 unspecified atom stereocenters. The van der Waals surface area contributed by atoms with Crippen molar-refractivity contribution >= 4 is 32.7 Å². The highest BCUT2D eigenvalue weighted by atomic mass is 32.2. The molecule has 1 saturated heterocycles. The van der Waals surface area contributed by atoms with Crippen molar-refractivity contribution in [3.63, 3.8) is 0 Å². The van der Waals surface area contributed by atoms with Gasteiger partial charge in [0.15, 0.2) is 0 Å². The Morgan fingerprint density at radius 1 is 1.06 bits per heavy atom. The molecule has 2 heterocycles. The van der Waals surface area contributed by atoms with E-state index in [0.29, 0.717) is 13.2 Å². The Morgan fingerprint density at radius 3 is 2.38 bits per heavy atom. The molecule has 0 atom stereocenters. The van der Waals surface area contributed by atoms with E-state index >= 15 is 0 Å². The van der Waals surface area contributed by atoms with E-state index in [1.165, 1.54) is 40.7 Å². The Labute approximate surface area is 181 Å². The number of benzene rings is 2. The van der Waals surface area contributed by atoms with Crippen molar-refractivity contribution in [2.24, 2.45) is 0 Å². The molecule has 3 aromatic rings. The van der Waals surface area contributed by atoms with Gasteiger partial charge in [-0.15, -0.1) is 0 Å². The highest BCUT2D eigenvalue weighted by Crippen LogP contribution is 2.31. The lowest BCUT2D eigenvalue weighted by molar-refractivity contribution is -0.147. The van der Waals surface area contributed by atoms with Crippen molar-refractivity contribution in [2.45, 2.75) is 17.6 Å². The molecular weight excluding hydrogens is 449 g/mol. The third-order valence-corrected chi connectivity index (χ3v) is 6.87. The van der Waals surface area contributed by atoms with Crippen LogP contribution in [0.25, 0.3) is 11.0 Å². The van der Waals surface area contributed by atoms with Gasteiger partial charge in [0.2, 0.25) is 21.8 Å². The van der Waals surface area contributed by atoms with Gasteiger partial charge in [0.25, 0.3) is 0 Å². The summed E-state index contributed by atoms with van der Waals surface area (Å²) >= 11 is 0. The molecule has 0 spiro atoms. The molecule has 8 nitrogen and oxygen atoms in total. The number of hydrogen-bond acceptors (Lipinski definition) is 5. The second kappa shape index (κ2) is 8.52. The molecule has 1 aromatic heterocycles.